The minimum absolute atomic E-state index is 0.115. The van der Waals surface area contributed by atoms with Gasteiger partial charge < -0.3 is 9.73 Å². The van der Waals surface area contributed by atoms with Gasteiger partial charge in [0.1, 0.15) is 10.8 Å². The normalized spacial score (nSPS) is 10.2. The molecular weight excluding hydrogens is 244 g/mol. The molecule has 0 amide bonds. The van der Waals surface area contributed by atoms with Gasteiger partial charge in [0, 0.05) is 11.8 Å². The second-order valence-electron chi connectivity index (χ2n) is 3.36. The van der Waals surface area contributed by atoms with E-state index >= 15 is 0 Å². The third-order valence-corrected chi connectivity index (χ3v) is 2.51. The zero-order valence-electron chi connectivity index (χ0n) is 8.72. The van der Waals surface area contributed by atoms with Gasteiger partial charge in [-0.2, -0.15) is 0 Å². The monoisotopic (exact) mass is 252 g/mol. The smallest absolute Gasteiger partial charge is 0.289 e. The van der Waals surface area contributed by atoms with Crippen molar-refractivity contribution >= 4 is 23.0 Å². The number of hydrogen-bond acceptors (Lipinski definition) is 4. The van der Waals surface area contributed by atoms with E-state index in [0.29, 0.717) is 12.2 Å². The van der Waals surface area contributed by atoms with Crippen LogP contribution in [-0.2, 0) is 6.54 Å². The molecule has 5 nitrogen and oxygen atoms in total. The Balaban J connectivity index is 2.11. The minimum atomic E-state index is -0.513. The van der Waals surface area contributed by atoms with Crippen molar-refractivity contribution in [3.63, 3.8) is 0 Å². The quantitative estimate of drug-likeness (QED) is 0.668. The fourth-order valence-corrected chi connectivity index (χ4v) is 1.55. The maximum Gasteiger partial charge on any atom is 0.289 e. The van der Waals surface area contributed by atoms with Crippen molar-refractivity contribution in [2.24, 2.45) is 0 Å². The van der Waals surface area contributed by atoms with Gasteiger partial charge in [0.05, 0.1) is 17.7 Å². The van der Waals surface area contributed by atoms with Gasteiger partial charge in [0.15, 0.2) is 0 Å². The van der Waals surface area contributed by atoms with Crippen LogP contribution in [0.25, 0.3) is 0 Å². The Hall–Kier alpha value is -2.01. The number of nitrogens with zero attached hydrogens (tertiary/aromatic N) is 1. The van der Waals surface area contributed by atoms with E-state index in [1.165, 1.54) is 12.1 Å². The van der Waals surface area contributed by atoms with Crippen molar-refractivity contribution in [3.05, 3.63) is 57.5 Å². The van der Waals surface area contributed by atoms with Gasteiger partial charge in [-0.15, -0.1) is 0 Å². The van der Waals surface area contributed by atoms with E-state index in [2.05, 4.69) is 5.32 Å². The van der Waals surface area contributed by atoms with Crippen LogP contribution in [0.1, 0.15) is 5.76 Å². The topological polar surface area (TPSA) is 68.3 Å². The third kappa shape index (κ3) is 2.76. The molecule has 0 aliphatic carbocycles. The summed E-state index contributed by atoms with van der Waals surface area (Å²) < 4.78 is 5.13. The van der Waals surface area contributed by atoms with Crippen LogP contribution in [-0.4, -0.2) is 4.92 Å². The van der Waals surface area contributed by atoms with Crippen molar-refractivity contribution in [2.75, 3.05) is 5.32 Å². The molecule has 0 unspecified atom stereocenters. The van der Waals surface area contributed by atoms with Crippen LogP contribution in [0, 0.1) is 10.1 Å². The molecule has 0 saturated heterocycles. The van der Waals surface area contributed by atoms with E-state index in [0.717, 1.165) is 5.76 Å². The van der Waals surface area contributed by atoms with E-state index in [1.807, 2.05) is 6.07 Å². The largest absolute Gasteiger partial charge is 0.467 e. The van der Waals surface area contributed by atoms with Crippen LogP contribution >= 0.6 is 11.6 Å². The van der Waals surface area contributed by atoms with Gasteiger partial charge in [0.25, 0.3) is 5.69 Å². The fraction of sp³-hybridized carbons (Fsp3) is 0.0909. The summed E-state index contributed by atoms with van der Waals surface area (Å²) in [5.41, 5.74) is 0.508. The number of halogens is 1. The highest BCUT2D eigenvalue weighted by atomic mass is 35.5. The lowest BCUT2D eigenvalue weighted by Crippen LogP contribution is -1.99. The highest BCUT2D eigenvalue weighted by Crippen LogP contribution is 2.27. The number of benzene rings is 1. The maximum absolute atomic E-state index is 10.7. The summed E-state index contributed by atoms with van der Waals surface area (Å²) in [6.07, 6.45) is 1.57. The van der Waals surface area contributed by atoms with Crippen LogP contribution in [0.5, 0.6) is 0 Å². The maximum atomic E-state index is 10.7. The van der Waals surface area contributed by atoms with Gasteiger partial charge in [-0.3, -0.25) is 10.1 Å². The van der Waals surface area contributed by atoms with E-state index in [1.54, 1.807) is 18.4 Å². The van der Waals surface area contributed by atoms with E-state index < -0.39 is 4.92 Å². The molecule has 1 N–H and O–H groups in total. The molecular formula is C11H9ClN2O3. The van der Waals surface area contributed by atoms with Crippen LogP contribution in [0.2, 0.25) is 5.02 Å². The van der Waals surface area contributed by atoms with Gasteiger partial charge in [-0.25, -0.2) is 0 Å². The molecule has 1 heterocycles. The predicted octanol–water partition coefficient (Wildman–Crippen LogP) is 3.45. The Morgan fingerprint density at radius 2 is 2.24 bits per heavy atom. The summed E-state index contributed by atoms with van der Waals surface area (Å²) in [6, 6.07) is 8.16. The summed E-state index contributed by atoms with van der Waals surface area (Å²) >= 11 is 5.70. The summed E-state index contributed by atoms with van der Waals surface area (Å²) in [5, 5.41) is 13.8. The Kier molecular flexibility index (Phi) is 3.30. The first-order chi connectivity index (χ1) is 8.16. The van der Waals surface area contributed by atoms with Crippen LogP contribution in [0.4, 0.5) is 11.4 Å². The first-order valence-corrected chi connectivity index (χ1v) is 5.25. The van der Waals surface area contributed by atoms with E-state index in [9.17, 15) is 10.1 Å². The van der Waals surface area contributed by atoms with Crippen LogP contribution in [0.15, 0.2) is 41.0 Å². The summed E-state index contributed by atoms with van der Waals surface area (Å²) in [4.78, 5) is 10.2. The molecule has 0 spiro atoms. The van der Waals surface area contributed by atoms with Crippen molar-refractivity contribution in [2.45, 2.75) is 6.54 Å². The molecule has 2 rings (SSSR count). The van der Waals surface area contributed by atoms with Crippen molar-refractivity contribution < 1.29 is 9.34 Å². The molecule has 6 heteroatoms. The second-order valence-corrected chi connectivity index (χ2v) is 3.76. The lowest BCUT2D eigenvalue weighted by atomic mass is 10.2. The summed E-state index contributed by atoms with van der Waals surface area (Å²) in [5.74, 6) is 0.752. The van der Waals surface area contributed by atoms with Crippen molar-refractivity contribution in [3.8, 4) is 0 Å². The van der Waals surface area contributed by atoms with Gasteiger partial charge >= 0.3 is 0 Å². The first-order valence-electron chi connectivity index (χ1n) is 4.87. The number of rotatable bonds is 4. The van der Waals surface area contributed by atoms with E-state index in [4.69, 9.17) is 16.0 Å². The van der Waals surface area contributed by atoms with Gasteiger partial charge in [-0.05, 0) is 24.3 Å². The zero-order valence-corrected chi connectivity index (χ0v) is 9.48. The SMILES string of the molecule is O=[N+]([O-])c1cc(NCc2ccco2)ccc1Cl. The fourth-order valence-electron chi connectivity index (χ4n) is 1.36. The lowest BCUT2D eigenvalue weighted by Gasteiger charge is -2.04. The highest BCUT2D eigenvalue weighted by molar-refractivity contribution is 6.32. The van der Waals surface area contributed by atoms with Crippen LogP contribution < -0.4 is 5.32 Å². The predicted molar refractivity (Wildman–Crippen MR) is 64.1 cm³/mol. The molecule has 0 aliphatic heterocycles. The average Bonchev–Trinajstić information content (AvgIpc) is 2.80. The third-order valence-electron chi connectivity index (χ3n) is 2.19. The van der Waals surface area contributed by atoms with E-state index in [-0.39, 0.29) is 10.7 Å². The standard InChI is InChI=1S/C11H9ClN2O3/c12-10-4-3-8(6-11(10)14(15)16)13-7-9-2-1-5-17-9/h1-6,13H,7H2. The van der Waals surface area contributed by atoms with Gasteiger partial charge in [-0.1, -0.05) is 11.6 Å². The molecule has 1 aromatic carbocycles. The molecule has 0 bridgehead atoms. The number of furan rings is 1. The molecule has 0 radical (unpaired) electrons. The molecule has 2 aromatic rings. The number of anilines is 1. The Labute approximate surface area is 102 Å². The number of nitro groups is 1. The zero-order chi connectivity index (χ0) is 12.3. The Morgan fingerprint density at radius 1 is 1.41 bits per heavy atom. The molecule has 0 fully saturated rings. The number of hydrogen-bond donors (Lipinski definition) is 1. The second kappa shape index (κ2) is 4.88. The summed E-state index contributed by atoms with van der Waals surface area (Å²) in [7, 11) is 0. The van der Waals surface area contributed by atoms with Crippen molar-refractivity contribution in [1.29, 1.82) is 0 Å². The molecule has 88 valence electrons. The van der Waals surface area contributed by atoms with Gasteiger partial charge in [0.2, 0.25) is 0 Å². The first kappa shape index (κ1) is 11.5. The number of nitro benzene ring substituents is 1. The molecule has 0 atom stereocenters. The molecule has 0 saturated carbocycles. The minimum Gasteiger partial charge on any atom is -0.467 e. The summed E-state index contributed by atoms with van der Waals surface area (Å²) in [6.45, 7) is 0.464. The molecule has 1 aromatic heterocycles. The lowest BCUT2D eigenvalue weighted by molar-refractivity contribution is -0.384. The Morgan fingerprint density at radius 3 is 2.88 bits per heavy atom. The molecule has 17 heavy (non-hydrogen) atoms. The van der Waals surface area contributed by atoms with Crippen LogP contribution in [0.3, 0.4) is 0 Å². The highest BCUT2D eigenvalue weighted by Gasteiger charge is 2.12. The molecule has 0 aliphatic rings. The Bertz CT molecular complexity index is 526. The van der Waals surface area contributed by atoms with Crippen molar-refractivity contribution in [1.82, 2.24) is 0 Å². The average molecular weight is 253 g/mol. The number of nitrogens with one attached hydrogen (secondary N) is 1.